The van der Waals surface area contributed by atoms with Crippen molar-refractivity contribution in [1.82, 2.24) is 0 Å². The van der Waals surface area contributed by atoms with Crippen molar-refractivity contribution in [2.45, 2.75) is 31.6 Å². The number of fused-ring (bicyclic) bond motifs is 11. The summed E-state index contributed by atoms with van der Waals surface area (Å²) in [5.74, 6) is 1.71. The Bertz CT molecular complexity index is 3170. The van der Waals surface area contributed by atoms with Gasteiger partial charge in [0.05, 0.1) is 16.8 Å². The summed E-state index contributed by atoms with van der Waals surface area (Å²) in [7, 11) is 0. The lowest BCUT2D eigenvalue weighted by atomic mass is 9.61. The van der Waals surface area contributed by atoms with Crippen LogP contribution in [0.2, 0.25) is 0 Å². The Morgan fingerprint density at radius 3 is 1.63 bits per heavy atom. The molecule has 0 aromatic heterocycles. The van der Waals surface area contributed by atoms with E-state index in [4.69, 9.17) is 4.74 Å². The third-order valence-electron chi connectivity index (χ3n) is 13.7. The maximum atomic E-state index is 7.11. The van der Waals surface area contributed by atoms with E-state index in [-0.39, 0.29) is 5.41 Å². The number of rotatable bonds is 5. The first-order valence-electron chi connectivity index (χ1n) is 21.6. The first-order valence-corrected chi connectivity index (χ1v) is 21.6. The van der Waals surface area contributed by atoms with Crippen molar-refractivity contribution in [3.63, 3.8) is 0 Å². The zero-order valence-electron chi connectivity index (χ0n) is 35.0. The summed E-state index contributed by atoms with van der Waals surface area (Å²) in [4.78, 5) is 4.85. The molecular weight excluding hydrogens is 753 g/mol. The van der Waals surface area contributed by atoms with Crippen molar-refractivity contribution in [2.75, 3.05) is 9.80 Å². The summed E-state index contributed by atoms with van der Waals surface area (Å²) in [6.07, 6.45) is 0. The van der Waals surface area contributed by atoms with Crippen LogP contribution in [0.1, 0.15) is 52.8 Å². The molecule has 1 aliphatic carbocycles. The van der Waals surface area contributed by atoms with Gasteiger partial charge in [-0.15, -0.1) is 0 Å². The van der Waals surface area contributed by atoms with Crippen molar-refractivity contribution in [3.8, 4) is 33.8 Å². The highest BCUT2D eigenvalue weighted by atomic mass is 16.5. The molecule has 0 saturated carbocycles. The second-order valence-electron chi connectivity index (χ2n) is 17.3. The van der Waals surface area contributed by atoms with Crippen molar-refractivity contribution >= 4 is 34.1 Å². The Hall–Kier alpha value is -7.62. The van der Waals surface area contributed by atoms with Gasteiger partial charge >= 0.3 is 0 Å². The Labute approximate surface area is 363 Å². The quantitative estimate of drug-likeness (QED) is 0.173. The second kappa shape index (κ2) is 13.7. The number of nitrogens with zero attached hydrogens (tertiary/aromatic N) is 2. The summed E-state index contributed by atoms with van der Waals surface area (Å²) in [6, 6.07) is 77.6. The topological polar surface area (TPSA) is 15.7 Å². The minimum Gasteiger partial charge on any atom is -0.457 e. The maximum Gasteiger partial charge on any atom is 0.134 e. The molecule has 0 radical (unpaired) electrons. The number of hydrogen-bond acceptors (Lipinski definition) is 3. The normalized spacial score (nSPS) is 14.4. The summed E-state index contributed by atoms with van der Waals surface area (Å²) < 4.78 is 7.11. The van der Waals surface area contributed by atoms with Crippen LogP contribution in [0.15, 0.2) is 212 Å². The number of aryl methyl sites for hydroxylation is 1. The molecule has 0 N–H and O–H groups in total. The smallest absolute Gasteiger partial charge is 0.134 e. The van der Waals surface area contributed by atoms with E-state index in [1.165, 1.54) is 55.8 Å². The second-order valence-corrected chi connectivity index (χ2v) is 17.3. The third-order valence-corrected chi connectivity index (χ3v) is 13.7. The van der Waals surface area contributed by atoms with Gasteiger partial charge in [-0.1, -0.05) is 166 Å². The Morgan fingerprint density at radius 2 is 0.903 bits per heavy atom. The van der Waals surface area contributed by atoms with Crippen LogP contribution in [0.5, 0.6) is 11.5 Å². The standard InChI is InChI=1S/C59H44N2O/c1-39-17-7-13-25-53(39)61-54-26-14-10-22-48(54)59(49-23-11-15-27-55(49)61)50-24-12-16-28-56(50)62-57-38-44(34-36-51(57)59)60(42-31-29-41(30-32-42)40-18-5-4-6-19-40)43-33-35-46-45-20-8-9-21-47(45)58(2,3)52(46)37-43/h4-38H,1-3H3. The summed E-state index contributed by atoms with van der Waals surface area (Å²) in [5.41, 5.74) is 19.5. The van der Waals surface area contributed by atoms with E-state index in [0.717, 1.165) is 51.1 Å². The van der Waals surface area contributed by atoms with Gasteiger partial charge in [0.1, 0.15) is 11.5 Å². The minimum atomic E-state index is -0.652. The SMILES string of the molecule is Cc1ccccc1N1c2ccccc2C2(c3ccccc3Oc3cc(N(c4ccc(-c5ccccc5)cc4)c4ccc5c(c4)C(C)(C)c4ccccc4-5)ccc32)c2ccccc21. The lowest BCUT2D eigenvalue weighted by Gasteiger charge is -2.49. The molecule has 2 aliphatic heterocycles. The Morgan fingerprint density at radius 1 is 0.387 bits per heavy atom. The molecule has 3 aliphatic rings. The minimum absolute atomic E-state index is 0.145. The third kappa shape index (κ3) is 5.18. The first kappa shape index (κ1) is 36.2. The van der Waals surface area contributed by atoms with E-state index in [1.54, 1.807) is 0 Å². The molecule has 9 aromatic rings. The molecule has 0 unspecified atom stereocenters. The van der Waals surface area contributed by atoms with E-state index >= 15 is 0 Å². The van der Waals surface area contributed by atoms with Crippen molar-refractivity contribution in [1.29, 1.82) is 0 Å². The van der Waals surface area contributed by atoms with E-state index in [2.05, 4.69) is 243 Å². The number of ether oxygens (including phenoxy) is 1. The molecule has 0 bridgehead atoms. The molecule has 0 amide bonds. The van der Waals surface area contributed by atoms with Gasteiger partial charge in [0.25, 0.3) is 0 Å². The molecule has 0 atom stereocenters. The molecular formula is C59H44N2O. The maximum absolute atomic E-state index is 7.11. The molecule has 12 rings (SSSR count). The predicted molar refractivity (Wildman–Crippen MR) is 255 cm³/mol. The number of para-hydroxylation sites is 4. The van der Waals surface area contributed by atoms with Gasteiger partial charge in [-0.3, -0.25) is 0 Å². The average molecular weight is 797 g/mol. The van der Waals surface area contributed by atoms with Crippen LogP contribution < -0.4 is 14.5 Å². The lowest BCUT2D eigenvalue weighted by Crippen LogP contribution is -2.39. The van der Waals surface area contributed by atoms with Gasteiger partial charge in [0.15, 0.2) is 0 Å². The van der Waals surface area contributed by atoms with Gasteiger partial charge in [-0.2, -0.15) is 0 Å². The molecule has 3 nitrogen and oxygen atoms in total. The predicted octanol–water partition coefficient (Wildman–Crippen LogP) is 15.7. The Balaban J connectivity index is 1.08. The highest BCUT2D eigenvalue weighted by Crippen LogP contribution is 2.63. The van der Waals surface area contributed by atoms with Gasteiger partial charge in [0, 0.05) is 45.4 Å². The fourth-order valence-electron chi connectivity index (χ4n) is 10.8. The van der Waals surface area contributed by atoms with Crippen LogP contribution in [0.3, 0.4) is 0 Å². The largest absolute Gasteiger partial charge is 0.457 e. The van der Waals surface area contributed by atoms with E-state index in [0.29, 0.717) is 0 Å². The fourth-order valence-corrected chi connectivity index (χ4v) is 10.8. The first-order chi connectivity index (χ1) is 30.4. The molecule has 9 aromatic carbocycles. The van der Waals surface area contributed by atoms with Crippen LogP contribution in [0.4, 0.5) is 34.1 Å². The number of hydrogen-bond donors (Lipinski definition) is 0. The van der Waals surface area contributed by atoms with Crippen LogP contribution in [0, 0.1) is 6.92 Å². The highest BCUT2D eigenvalue weighted by Gasteiger charge is 2.51. The van der Waals surface area contributed by atoms with E-state index in [9.17, 15) is 0 Å². The van der Waals surface area contributed by atoms with E-state index in [1.807, 2.05) is 0 Å². The van der Waals surface area contributed by atoms with Gasteiger partial charge in [-0.25, -0.2) is 0 Å². The van der Waals surface area contributed by atoms with E-state index < -0.39 is 5.41 Å². The monoisotopic (exact) mass is 796 g/mol. The number of benzene rings is 9. The average Bonchev–Trinajstić information content (AvgIpc) is 3.55. The van der Waals surface area contributed by atoms with Crippen LogP contribution in [0.25, 0.3) is 22.3 Å². The van der Waals surface area contributed by atoms with Crippen LogP contribution in [-0.2, 0) is 10.8 Å². The molecule has 296 valence electrons. The Kier molecular flexibility index (Phi) is 8.01. The lowest BCUT2D eigenvalue weighted by molar-refractivity contribution is 0.434. The molecule has 1 spiro atoms. The van der Waals surface area contributed by atoms with Crippen molar-refractivity contribution < 1.29 is 4.74 Å². The van der Waals surface area contributed by atoms with Crippen molar-refractivity contribution in [3.05, 3.63) is 251 Å². The van der Waals surface area contributed by atoms with Crippen LogP contribution in [-0.4, -0.2) is 0 Å². The summed E-state index contributed by atoms with van der Waals surface area (Å²) >= 11 is 0. The fraction of sp³-hybridized carbons (Fsp3) is 0.0847. The zero-order chi connectivity index (χ0) is 41.6. The summed E-state index contributed by atoms with van der Waals surface area (Å²) in [5, 5.41) is 0. The van der Waals surface area contributed by atoms with Gasteiger partial charge in [0.2, 0.25) is 0 Å². The van der Waals surface area contributed by atoms with Crippen LogP contribution >= 0.6 is 0 Å². The summed E-state index contributed by atoms with van der Waals surface area (Å²) in [6.45, 7) is 6.90. The molecule has 62 heavy (non-hydrogen) atoms. The highest BCUT2D eigenvalue weighted by molar-refractivity contribution is 5.93. The van der Waals surface area contributed by atoms with Gasteiger partial charge in [-0.05, 0) is 112 Å². The molecule has 0 saturated heterocycles. The number of anilines is 6. The molecule has 3 heteroatoms. The van der Waals surface area contributed by atoms with Crippen molar-refractivity contribution in [2.24, 2.45) is 0 Å². The zero-order valence-corrected chi connectivity index (χ0v) is 35.0. The molecule has 2 heterocycles. The van der Waals surface area contributed by atoms with Gasteiger partial charge < -0.3 is 14.5 Å². The molecule has 0 fully saturated rings.